The van der Waals surface area contributed by atoms with Gasteiger partial charge in [-0.3, -0.25) is 9.59 Å². The first kappa shape index (κ1) is 19.2. The molecule has 2 amide bonds. The highest BCUT2D eigenvalue weighted by Crippen LogP contribution is 2.24. The second kappa shape index (κ2) is 9.36. The second-order valence-electron chi connectivity index (χ2n) is 6.31. The average molecular weight is 347 g/mol. The molecular formula is C18H29N5O2. The van der Waals surface area contributed by atoms with E-state index in [1.807, 2.05) is 4.90 Å². The zero-order chi connectivity index (χ0) is 18.2. The van der Waals surface area contributed by atoms with Gasteiger partial charge >= 0.3 is 0 Å². The van der Waals surface area contributed by atoms with Gasteiger partial charge in [0.05, 0.1) is 17.4 Å². The summed E-state index contributed by atoms with van der Waals surface area (Å²) in [5, 5.41) is 6.04. The lowest BCUT2D eigenvalue weighted by Gasteiger charge is -2.31. The van der Waals surface area contributed by atoms with Crippen LogP contribution in [0.15, 0.2) is 12.3 Å². The minimum Gasteiger partial charge on any atom is -0.353 e. The Kier molecular flexibility index (Phi) is 7.18. The van der Waals surface area contributed by atoms with E-state index in [0.717, 1.165) is 52.1 Å². The van der Waals surface area contributed by atoms with Crippen LogP contribution >= 0.6 is 0 Å². The number of hydrogen-bond acceptors (Lipinski definition) is 5. The van der Waals surface area contributed by atoms with Crippen LogP contribution in [0.2, 0.25) is 0 Å². The van der Waals surface area contributed by atoms with Crippen LogP contribution in [-0.2, 0) is 4.79 Å². The fourth-order valence-electron chi connectivity index (χ4n) is 3.04. The highest BCUT2D eigenvalue weighted by atomic mass is 16.2. The SMILES string of the molecule is CCCN(CCC)C(=O)c1cc(NC(C)=O)cnc1N1CCNCC1. The van der Waals surface area contributed by atoms with Crippen molar-refractivity contribution in [1.82, 2.24) is 15.2 Å². The zero-order valence-electron chi connectivity index (χ0n) is 15.5. The Morgan fingerprint density at radius 3 is 2.44 bits per heavy atom. The normalized spacial score (nSPS) is 14.3. The van der Waals surface area contributed by atoms with Gasteiger partial charge in [0.2, 0.25) is 5.91 Å². The first-order valence-electron chi connectivity index (χ1n) is 9.09. The molecule has 0 radical (unpaired) electrons. The van der Waals surface area contributed by atoms with Gasteiger partial charge in [0.15, 0.2) is 0 Å². The van der Waals surface area contributed by atoms with Crippen LogP contribution in [0, 0.1) is 0 Å². The Hall–Kier alpha value is -2.15. The number of anilines is 2. The molecule has 0 bridgehead atoms. The van der Waals surface area contributed by atoms with Crippen LogP contribution in [0.3, 0.4) is 0 Å². The van der Waals surface area contributed by atoms with E-state index in [2.05, 4.69) is 34.4 Å². The predicted octanol–water partition coefficient (Wildman–Crippen LogP) is 1.71. The molecule has 1 aromatic rings. The average Bonchev–Trinajstić information content (AvgIpc) is 2.61. The summed E-state index contributed by atoms with van der Waals surface area (Å²) in [5.74, 6) is 0.517. The van der Waals surface area contributed by atoms with Gasteiger partial charge in [-0.05, 0) is 18.9 Å². The number of pyridine rings is 1. The topological polar surface area (TPSA) is 77.6 Å². The molecular weight excluding hydrogens is 318 g/mol. The fourth-order valence-corrected chi connectivity index (χ4v) is 3.04. The van der Waals surface area contributed by atoms with Crippen molar-refractivity contribution in [2.75, 3.05) is 49.5 Å². The van der Waals surface area contributed by atoms with Gasteiger partial charge in [-0.15, -0.1) is 0 Å². The number of rotatable bonds is 7. The van der Waals surface area contributed by atoms with Crippen LogP contribution in [0.25, 0.3) is 0 Å². The standard InChI is InChI=1S/C18H29N5O2/c1-4-8-23(9-5-2)18(25)16-12-15(21-14(3)24)13-20-17(16)22-10-6-19-7-11-22/h12-13,19H,4-11H2,1-3H3,(H,21,24). The molecule has 0 unspecified atom stereocenters. The molecule has 0 aliphatic carbocycles. The number of nitrogens with one attached hydrogen (secondary N) is 2. The molecule has 1 aromatic heterocycles. The zero-order valence-corrected chi connectivity index (χ0v) is 15.5. The fraction of sp³-hybridized carbons (Fsp3) is 0.611. The van der Waals surface area contributed by atoms with Crippen molar-refractivity contribution in [3.8, 4) is 0 Å². The van der Waals surface area contributed by atoms with Crippen LogP contribution in [0.5, 0.6) is 0 Å². The number of hydrogen-bond donors (Lipinski definition) is 2. The number of piperazine rings is 1. The Labute approximate surface area is 149 Å². The van der Waals surface area contributed by atoms with E-state index in [4.69, 9.17) is 0 Å². The predicted molar refractivity (Wildman–Crippen MR) is 100 cm³/mol. The maximum atomic E-state index is 13.2. The summed E-state index contributed by atoms with van der Waals surface area (Å²) >= 11 is 0. The Bertz CT molecular complexity index is 593. The third-order valence-electron chi connectivity index (χ3n) is 4.11. The van der Waals surface area contributed by atoms with Crippen molar-refractivity contribution >= 4 is 23.3 Å². The highest BCUT2D eigenvalue weighted by Gasteiger charge is 2.24. The van der Waals surface area contributed by atoms with E-state index < -0.39 is 0 Å². The summed E-state index contributed by atoms with van der Waals surface area (Å²) in [7, 11) is 0. The molecule has 2 heterocycles. The first-order valence-corrected chi connectivity index (χ1v) is 9.09. The molecule has 1 saturated heterocycles. The molecule has 7 nitrogen and oxygen atoms in total. The molecule has 0 spiro atoms. The molecule has 2 N–H and O–H groups in total. The Balaban J connectivity index is 2.37. The van der Waals surface area contributed by atoms with E-state index >= 15 is 0 Å². The molecule has 1 fully saturated rings. The number of carbonyl (C=O) groups excluding carboxylic acids is 2. The lowest BCUT2D eigenvalue weighted by molar-refractivity contribution is -0.114. The van der Waals surface area contributed by atoms with Crippen LogP contribution in [0.4, 0.5) is 11.5 Å². The third kappa shape index (κ3) is 5.16. The van der Waals surface area contributed by atoms with Crippen molar-refractivity contribution in [3.63, 3.8) is 0 Å². The van der Waals surface area contributed by atoms with Crippen LogP contribution in [0.1, 0.15) is 44.0 Å². The Morgan fingerprint density at radius 1 is 1.24 bits per heavy atom. The van der Waals surface area contributed by atoms with E-state index in [1.54, 1.807) is 12.3 Å². The summed E-state index contributed by atoms with van der Waals surface area (Å²) in [6, 6.07) is 1.76. The minimum atomic E-state index is -0.172. The maximum absolute atomic E-state index is 13.2. The van der Waals surface area contributed by atoms with Gasteiger partial charge in [-0.25, -0.2) is 4.98 Å². The van der Waals surface area contributed by atoms with Gasteiger partial charge in [0.25, 0.3) is 5.91 Å². The summed E-state index contributed by atoms with van der Waals surface area (Å²) in [4.78, 5) is 33.1. The lowest BCUT2D eigenvalue weighted by Crippen LogP contribution is -2.45. The summed E-state index contributed by atoms with van der Waals surface area (Å²) < 4.78 is 0. The molecule has 1 aliphatic heterocycles. The van der Waals surface area contributed by atoms with Crippen LogP contribution < -0.4 is 15.5 Å². The van der Waals surface area contributed by atoms with Crippen molar-refractivity contribution in [3.05, 3.63) is 17.8 Å². The molecule has 0 atom stereocenters. The summed E-state index contributed by atoms with van der Waals surface area (Å²) in [6.07, 6.45) is 3.45. The molecule has 2 rings (SSSR count). The van der Waals surface area contributed by atoms with E-state index in [9.17, 15) is 9.59 Å². The maximum Gasteiger partial charge on any atom is 0.257 e. The Morgan fingerprint density at radius 2 is 1.88 bits per heavy atom. The lowest BCUT2D eigenvalue weighted by atomic mass is 10.1. The number of carbonyl (C=O) groups is 2. The van der Waals surface area contributed by atoms with Gasteiger partial charge in [0, 0.05) is 46.2 Å². The number of amides is 2. The molecule has 25 heavy (non-hydrogen) atoms. The largest absolute Gasteiger partial charge is 0.353 e. The smallest absolute Gasteiger partial charge is 0.257 e. The first-order chi connectivity index (χ1) is 12.1. The quantitative estimate of drug-likeness (QED) is 0.785. The minimum absolute atomic E-state index is 0.0167. The van der Waals surface area contributed by atoms with Gasteiger partial charge in [0.1, 0.15) is 5.82 Å². The number of nitrogens with zero attached hydrogens (tertiary/aromatic N) is 3. The highest BCUT2D eigenvalue weighted by molar-refractivity contribution is 6.01. The molecule has 7 heteroatoms. The van der Waals surface area contributed by atoms with Gasteiger partial charge < -0.3 is 20.4 Å². The molecule has 1 aliphatic rings. The van der Waals surface area contributed by atoms with Crippen molar-refractivity contribution in [1.29, 1.82) is 0 Å². The molecule has 138 valence electrons. The van der Waals surface area contributed by atoms with E-state index in [-0.39, 0.29) is 11.8 Å². The van der Waals surface area contributed by atoms with Gasteiger partial charge in [-0.1, -0.05) is 13.8 Å². The number of aromatic nitrogens is 1. The summed E-state index contributed by atoms with van der Waals surface area (Å²) in [5.41, 5.74) is 1.12. The van der Waals surface area contributed by atoms with E-state index in [0.29, 0.717) is 17.1 Å². The van der Waals surface area contributed by atoms with E-state index in [1.165, 1.54) is 6.92 Å². The molecule has 0 aromatic carbocycles. The summed E-state index contributed by atoms with van der Waals surface area (Å²) in [6.45, 7) is 10.4. The monoisotopic (exact) mass is 347 g/mol. The van der Waals surface area contributed by atoms with Crippen LogP contribution in [-0.4, -0.2) is 61.0 Å². The van der Waals surface area contributed by atoms with Crippen molar-refractivity contribution in [2.45, 2.75) is 33.6 Å². The van der Waals surface area contributed by atoms with Gasteiger partial charge in [-0.2, -0.15) is 0 Å². The molecule has 0 saturated carbocycles. The third-order valence-corrected chi connectivity index (χ3v) is 4.11. The second-order valence-corrected chi connectivity index (χ2v) is 6.31. The van der Waals surface area contributed by atoms with Crippen molar-refractivity contribution in [2.24, 2.45) is 0 Å². The van der Waals surface area contributed by atoms with Crippen molar-refractivity contribution < 1.29 is 9.59 Å².